The molecule has 20 heavy (non-hydrogen) atoms. The van der Waals surface area contributed by atoms with Crippen molar-refractivity contribution in [1.82, 2.24) is 4.98 Å². The van der Waals surface area contributed by atoms with Crippen molar-refractivity contribution in [3.63, 3.8) is 0 Å². The van der Waals surface area contributed by atoms with Crippen LogP contribution in [0.3, 0.4) is 0 Å². The fraction of sp³-hybridized carbons (Fsp3) is 0.0769. The van der Waals surface area contributed by atoms with Crippen LogP contribution in [-0.4, -0.2) is 10.9 Å². The van der Waals surface area contributed by atoms with Gasteiger partial charge in [0.25, 0.3) is 5.91 Å². The van der Waals surface area contributed by atoms with Gasteiger partial charge in [0.05, 0.1) is 11.4 Å². The highest BCUT2D eigenvalue weighted by Crippen LogP contribution is 2.32. The highest BCUT2D eigenvalue weighted by molar-refractivity contribution is 9.10. The summed E-state index contributed by atoms with van der Waals surface area (Å²) in [4.78, 5) is 15.2. The number of pyridine rings is 1. The van der Waals surface area contributed by atoms with Gasteiger partial charge in [0.1, 0.15) is 5.69 Å². The van der Waals surface area contributed by atoms with Crippen LogP contribution in [0.1, 0.15) is 16.1 Å². The minimum absolute atomic E-state index is 0.135. The van der Waals surface area contributed by atoms with Crippen molar-refractivity contribution in [2.45, 2.75) is 6.92 Å². The summed E-state index contributed by atoms with van der Waals surface area (Å²) >= 11 is 9.52. The smallest absolute Gasteiger partial charge is 0.267 e. The SMILES string of the molecule is Cc1cc(Br)c(Nc2nc(C(N)=O)ccc2N)cc1Cl. The molecule has 0 saturated heterocycles. The van der Waals surface area contributed by atoms with Gasteiger partial charge in [0.15, 0.2) is 5.82 Å². The van der Waals surface area contributed by atoms with Crippen LogP contribution in [0.15, 0.2) is 28.7 Å². The van der Waals surface area contributed by atoms with Crippen LogP contribution in [0.5, 0.6) is 0 Å². The Balaban J connectivity index is 2.42. The maximum Gasteiger partial charge on any atom is 0.267 e. The molecule has 0 aliphatic heterocycles. The summed E-state index contributed by atoms with van der Waals surface area (Å²) < 4.78 is 0.810. The molecule has 1 amide bonds. The Hall–Kier alpha value is -1.79. The molecule has 1 aromatic heterocycles. The molecule has 1 heterocycles. The van der Waals surface area contributed by atoms with Gasteiger partial charge in [-0.3, -0.25) is 4.79 Å². The number of amides is 1. The summed E-state index contributed by atoms with van der Waals surface area (Å²) in [6.07, 6.45) is 0. The summed E-state index contributed by atoms with van der Waals surface area (Å²) in [7, 11) is 0. The van der Waals surface area contributed by atoms with Gasteiger partial charge in [-0.1, -0.05) is 11.6 Å². The van der Waals surface area contributed by atoms with E-state index < -0.39 is 5.91 Å². The third-order valence-corrected chi connectivity index (χ3v) is 3.74. The van der Waals surface area contributed by atoms with E-state index in [2.05, 4.69) is 26.2 Å². The van der Waals surface area contributed by atoms with Crippen molar-refractivity contribution in [1.29, 1.82) is 0 Å². The zero-order valence-electron chi connectivity index (χ0n) is 10.6. The first kappa shape index (κ1) is 14.6. The second-order valence-corrected chi connectivity index (χ2v) is 5.47. The molecule has 0 radical (unpaired) electrons. The second-order valence-electron chi connectivity index (χ2n) is 4.20. The molecule has 0 fully saturated rings. The topological polar surface area (TPSA) is 94.0 Å². The summed E-state index contributed by atoms with van der Waals surface area (Å²) in [5.74, 6) is -0.268. The first-order valence-corrected chi connectivity index (χ1v) is 6.84. The molecule has 0 atom stereocenters. The lowest BCUT2D eigenvalue weighted by atomic mass is 10.2. The molecule has 0 aliphatic carbocycles. The number of nitrogen functional groups attached to an aromatic ring is 1. The number of aryl methyl sites for hydroxylation is 1. The Bertz CT molecular complexity index is 690. The van der Waals surface area contributed by atoms with E-state index in [0.717, 1.165) is 10.0 Å². The highest BCUT2D eigenvalue weighted by atomic mass is 79.9. The van der Waals surface area contributed by atoms with Gasteiger partial charge < -0.3 is 16.8 Å². The average molecular weight is 356 g/mol. The van der Waals surface area contributed by atoms with E-state index >= 15 is 0 Å². The molecule has 5 N–H and O–H groups in total. The molecule has 7 heteroatoms. The number of halogens is 2. The summed E-state index contributed by atoms with van der Waals surface area (Å²) in [6.45, 7) is 1.90. The first-order valence-electron chi connectivity index (χ1n) is 5.67. The van der Waals surface area contributed by atoms with Crippen LogP contribution in [0.25, 0.3) is 0 Å². The van der Waals surface area contributed by atoms with E-state index in [1.165, 1.54) is 6.07 Å². The standard InChI is InChI=1S/C13H12BrClN4O/c1-6-4-7(14)11(5-8(6)15)19-13-9(16)2-3-10(18-13)12(17)20/h2-5H,16H2,1H3,(H2,17,20)(H,18,19). The predicted molar refractivity (Wildman–Crippen MR) is 84.3 cm³/mol. The van der Waals surface area contributed by atoms with Crippen LogP contribution >= 0.6 is 27.5 Å². The van der Waals surface area contributed by atoms with Crippen molar-refractivity contribution in [3.05, 3.63) is 45.0 Å². The molecule has 104 valence electrons. The van der Waals surface area contributed by atoms with Gasteiger partial charge >= 0.3 is 0 Å². The lowest BCUT2D eigenvalue weighted by Crippen LogP contribution is -2.14. The van der Waals surface area contributed by atoms with Gasteiger partial charge in [-0.2, -0.15) is 0 Å². The maximum absolute atomic E-state index is 11.1. The van der Waals surface area contributed by atoms with Crippen LogP contribution in [0, 0.1) is 6.92 Å². The Morgan fingerprint density at radius 2 is 2.10 bits per heavy atom. The number of hydrogen-bond donors (Lipinski definition) is 3. The number of nitrogens with zero attached hydrogens (tertiary/aromatic N) is 1. The minimum Gasteiger partial charge on any atom is -0.396 e. The van der Waals surface area contributed by atoms with E-state index in [-0.39, 0.29) is 5.69 Å². The van der Waals surface area contributed by atoms with Crippen LogP contribution in [0.4, 0.5) is 17.2 Å². The number of anilines is 3. The van der Waals surface area contributed by atoms with Gasteiger partial charge in [-0.25, -0.2) is 4.98 Å². The molecule has 2 aromatic rings. The summed E-state index contributed by atoms with van der Waals surface area (Å²) in [6, 6.07) is 6.66. The molecular weight excluding hydrogens is 344 g/mol. The monoisotopic (exact) mass is 354 g/mol. The van der Waals surface area contributed by atoms with Gasteiger partial charge in [0, 0.05) is 9.50 Å². The highest BCUT2D eigenvalue weighted by Gasteiger charge is 2.10. The number of carbonyl (C=O) groups is 1. The van der Waals surface area contributed by atoms with E-state index in [0.29, 0.717) is 22.2 Å². The molecule has 0 saturated carbocycles. The number of benzene rings is 1. The molecular formula is C13H12BrClN4O. The number of nitrogens with one attached hydrogen (secondary N) is 1. The number of aromatic nitrogens is 1. The molecule has 0 unspecified atom stereocenters. The van der Waals surface area contributed by atoms with Crippen molar-refractivity contribution in [2.24, 2.45) is 5.73 Å². The molecule has 0 aliphatic rings. The Labute approximate surface area is 129 Å². The molecule has 0 spiro atoms. The maximum atomic E-state index is 11.1. The lowest BCUT2D eigenvalue weighted by Gasteiger charge is -2.12. The molecule has 0 bridgehead atoms. The van der Waals surface area contributed by atoms with Gasteiger partial charge in [0.2, 0.25) is 0 Å². The second kappa shape index (κ2) is 5.68. The Morgan fingerprint density at radius 3 is 2.75 bits per heavy atom. The number of nitrogens with two attached hydrogens (primary N) is 2. The molecule has 1 aromatic carbocycles. The van der Waals surface area contributed by atoms with Gasteiger partial charge in [-0.05, 0) is 52.7 Å². The zero-order valence-corrected chi connectivity index (χ0v) is 12.9. The largest absolute Gasteiger partial charge is 0.396 e. The summed E-state index contributed by atoms with van der Waals surface area (Å²) in [5.41, 5.74) is 13.2. The third kappa shape index (κ3) is 3.02. The zero-order chi connectivity index (χ0) is 14.9. The number of carbonyl (C=O) groups excluding carboxylic acids is 1. The summed E-state index contributed by atoms with van der Waals surface area (Å²) in [5, 5.41) is 3.64. The Kier molecular flexibility index (Phi) is 4.15. The number of rotatable bonds is 3. The average Bonchev–Trinajstić information content (AvgIpc) is 2.38. The fourth-order valence-corrected chi connectivity index (χ4v) is 2.30. The van der Waals surface area contributed by atoms with Gasteiger partial charge in [-0.15, -0.1) is 0 Å². The van der Waals surface area contributed by atoms with Crippen molar-refractivity contribution in [2.75, 3.05) is 11.1 Å². The number of primary amides is 1. The van der Waals surface area contributed by atoms with E-state index in [1.807, 2.05) is 13.0 Å². The van der Waals surface area contributed by atoms with Crippen molar-refractivity contribution < 1.29 is 4.79 Å². The molecule has 2 rings (SSSR count). The number of hydrogen-bond acceptors (Lipinski definition) is 4. The third-order valence-electron chi connectivity index (χ3n) is 2.68. The molecule has 5 nitrogen and oxygen atoms in total. The van der Waals surface area contributed by atoms with E-state index in [1.54, 1.807) is 12.1 Å². The van der Waals surface area contributed by atoms with E-state index in [4.69, 9.17) is 23.1 Å². The first-order chi connectivity index (χ1) is 9.38. The van der Waals surface area contributed by atoms with Crippen LogP contribution in [-0.2, 0) is 0 Å². The normalized spacial score (nSPS) is 10.3. The predicted octanol–water partition coefficient (Wildman–Crippen LogP) is 3.23. The lowest BCUT2D eigenvalue weighted by molar-refractivity contribution is 0.0996. The van der Waals surface area contributed by atoms with Crippen molar-refractivity contribution >= 4 is 50.6 Å². The minimum atomic E-state index is -0.617. The fourth-order valence-electron chi connectivity index (χ4n) is 1.58. The quantitative estimate of drug-likeness (QED) is 0.788. The van der Waals surface area contributed by atoms with Crippen molar-refractivity contribution in [3.8, 4) is 0 Å². The Morgan fingerprint density at radius 1 is 1.40 bits per heavy atom. The van der Waals surface area contributed by atoms with Crippen LogP contribution in [0.2, 0.25) is 5.02 Å². The van der Waals surface area contributed by atoms with Crippen LogP contribution < -0.4 is 16.8 Å². The van der Waals surface area contributed by atoms with E-state index in [9.17, 15) is 4.79 Å².